The van der Waals surface area contributed by atoms with Gasteiger partial charge < -0.3 is 15.0 Å². The Kier molecular flexibility index (Phi) is 6.06. The fourth-order valence-corrected chi connectivity index (χ4v) is 3.17. The van der Waals surface area contributed by atoms with Crippen LogP contribution in [0.5, 0.6) is 5.75 Å². The summed E-state index contributed by atoms with van der Waals surface area (Å²) in [4.78, 5) is 26.5. The summed E-state index contributed by atoms with van der Waals surface area (Å²) in [5, 5.41) is 2.87. The second kappa shape index (κ2) is 8.66. The Morgan fingerprint density at radius 1 is 1.22 bits per heavy atom. The number of amides is 2. The molecule has 1 aliphatic rings. The second-order valence-electron chi connectivity index (χ2n) is 6.54. The minimum Gasteiger partial charge on any atom is -0.492 e. The van der Waals surface area contributed by atoms with Gasteiger partial charge in [0.15, 0.2) is 0 Å². The van der Waals surface area contributed by atoms with Crippen molar-refractivity contribution < 1.29 is 18.7 Å². The van der Waals surface area contributed by atoms with Crippen molar-refractivity contribution in [2.45, 2.75) is 19.8 Å². The van der Waals surface area contributed by atoms with E-state index in [-0.39, 0.29) is 30.0 Å². The number of rotatable bonds is 7. The van der Waals surface area contributed by atoms with Crippen LogP contribution < -0.4 is 10.1 Å². The third kappa shape index (κ3) is 4.84. The third-order valence-electron chi connectivity index (χ3n) is 4.61. The number of benzene rings is 2. The second-order valence-corrected chi connectivity index (χ2v) is 6.54. The quantitative estimate of drug-likeness (QED) is 0.814. The van der Waals surface area contributed by atoms with Gasteiger partial charge in [-0.05, 0) is 43.2 Å². The first-order chi connectivity index (χ1) is 13.1. The third-order valence-corrected chi connectivity index (χ3v) is 4.61. The first kappa shape index (κ1) is 18.9. The zero-order chi connectivity index (χ0) is 19.2. The molecule has 0 unspecified atom stereocenters. The van der Waals surface area contributed by atoms with Gasteiger partial charge in [-0.1, -0.05) is 24.3 Å². The highest BCUT2D eigenvalue weighted by atomic mass is 19.1. The number of anilines is 1. The molecule has 0 bridgehead atoms. The highest BCUT2D eigenvalue weighted by Gasteiger charge is 2.34. The molecule has 6 heteroatoms. The highest BCUT2D eigenvalue weighted by molar-refractivity contribution is 5.98. The van der Waals surface area contributed by atoms with Crippen LogP contribution >= 0.6 is 0 Å². The highest BCUT2D eigenvalue weighted by Crippen LogP contribution is 2.26. The van der Waals surface area contributed by atoms with Crippen molar-refractivity contribution >= 4 is 17.5 Å². The Hall–Kier alpha value is -2.89. The van der Waals surface area contributed by atoms with Crippen LogP contribution in [0.25, 0.3) is 0 Å². The van der Waals surface area contributed by atoms with Crippen LogP contribution in [0.3, 0.4) is 0 Å². The van der Waals surface area contributed by atoms with Gasteiger partial charge in [0.2, 0.25) is 11.8 Å². The molecule has 1 atom stereocenters. The minimum absolute atomic E-state index is 0.0321. The number of carbonyl (C=O) groups is 2. The Bertz CT molecular complexity index is 807. The number of nitrogens with zero attached hydrogens (tertiary/aromatic N) is 1. The molecule has 5 nitrogen and oxygen atoms in total. The lowest BCUT2D eigenvalue weighted by atomic mass is 10.1. The summed E-state index contributed by atoms with van der Waals surface area (Å²) < 4.78 is 18.5. The van der Waals surface area contributed by atoms with E-state index in [0.29, 0.717) is 37.6 Å². The Morgan fingerprint density at radius 2 is 1.96 bits per heavy atom. The lowest BCUT2D eigenvalue weighted by Gasteiger charge is -2.17. The molecule has 2 amide bonds. The van der Waals surface area contributed by atoms with Crippen molar-refractivity contribution in [2.75, 3.05) is 25.0 Å². The molecule has 0 aromatic heterocycles. The van der Waals surface area contributed by atoms with Crippen LogP contribution in [-0.2, 0) is 16.0 Å². The number of hydrogen-bond acceptors (Lipinski definition) is 3. The summed E-state index contributed by atoms with van der Waals surface area (Å²) in [6.45, 7) is 3.30. The lowest BCUT2D eigenvalue weighted by molar-refractivity contribution is -0.128. The smallest absolute Gasteiger partial charge is 0.229 e. The van der Waals surface area contributed by atoms with E-state index in [2.05, 4.69) is 5.32 Å². The van der Waals surface area contributed by atoms with Gasteiger partial charge >= 0.3 is 0 Å². The number of halogens is 1. The SMILES string of the molecule is CCOc1ccccc1NC(=O)[C@@H]1CC(=O)N(CCc2ccc(F)cc2)C1. The average Bonchev–Trinajstić information content (AvgIpc) is 3.04. The van der Waals surface area contributed by atoms with E-state index in [0.717, 1.165) is 5.56 Å². The maximum atomic E-state index is 13.0. The van der Waals surface area contributed by atoms with Crippen LogP contribution in [0, 0.1) is 11.7 Å². The molecular weight excluding hydrogens is 347 g/mol. The number of nitrogens with one attached hydrogen (secondary N) is 1. The largest absolute Gasteiger partial charge is 0.492 e. The summed E-state index contributed by atoms with van der Waals surface area (Å²) in [6, 6.07) is 13.5. The van der Waals surface area contributed by atoms with Crippen LogP contribution in [0.15, 0.2) is 48.5 Å². The average molecular weight is 370 g/mol. The Labute approximate surface area is 158 Å². The zero-order valence-electron chi connectivity index (χ0n) is 15.3. The van der Waals surface area contributed by atoms with Crippen molar-refractivity contribution in [3.63, 3.8) is 0 Å². The summed E-state index contributed by atoms with van der Waals surface area (Å²) in [7, 11) is 0. The van der Waals surface area contributed by atoms with E-state index < -0.39 is 0 Å². The summed E-state index contributed by atoms with van der Waals surface area (Å²) in [6.07, 6.45) is 0.833. The lowest BCUT2D eigenvalue weighted by Crippen LogP contribution is -2.30. The maximum absolute atomic E-state index is 13.0. The molecule has 0 spiro atoms. The molecule has 1 saturated heterocycles. The monoisotopic (exact) mass is 370 g/mol. The van der Waals surface area contributed by atoms with Gasteiger partial charge in [-0.3, -0.25) is 9.59 Å². The molecule has 0 aliphatic carbocycles. The van der Waals surface area contributed by atoms with Gasteiger partial charge in [-0.25, -0.2) is 4.39 Å². The van der Waals surface area contributed by atoms with Gasteiger partial charge in [0.1, 0.15) is 11.6 Å². The molecular formula is C21H23FN2O3. The predicted molar refractivity (Wildman–Crippen MR) is 101 cm³/mol. The molecule has 2 aromatic carbocycles. The summed E-state index contributed by atoms with van der Waals surface area (Å²) in [5.74, 6) is -0.263. The minimum atomic E-state index is -0.389. The van der Waals surface area contributed by atoms with Gasteiger partial charge in [0, 0.05) is 19.5 Å². The van der Waals surface area contributed by atoms with Crippen molar-refractivity contribution in [1.82, 2.24) is 4.90 Å². The van der Waals surface area contributed by atoms with Gasteiger partial charge in [-0.15, -0.1) is 0 Å². The van der Waals surface area contributed by atoms with Crippen LogP contribution in [0.1, 0.15) is 18.9 Å². The Balaban J connectivity index is 1.56. The molecule has 3 rings (SSSR count). The summed E-state index contributed by atoms with van der Waals surface area (Å²) in [5.41, 5.74) is 1.57. The number of hydrogen-bond donors (Lipinski definition) is 1. The van der Waals surface area contributed by atoms with Crippen molar-refractivity contribution in [3.8, 4) is 5.75 Å². The molecule has 1 heterocycles. The van der Waals surface area contributed by atoms with E-state index in [9.17, 15) is 14.0 Å². The van der Waals surface area contributed by atoms with Gasteiger partial charge in [0.25, 0.3) is 0 Å². The van der Waals surface area contributed by atoms with E-state index in [1.165, 1.54) is 12.1 Å². The Morgan fingerprint density at radius 3 is 2.70 bits per heavy atom. The first-order valence-corrected chi connectivity index (χ1v) is 9.11. The molecule has 27 heavy (non-hydrogen) atoms. The van der Waals surface area contributed by atoms with E-state index in [1.807, 2.05) is 19.1 Å². The fraction of sp³-hybridized carbons (Fsp3) is 0.333. The molecule has 142 valence electrons. The maximum Gasteiger partial charge on any atom is 0.229 e. The first-order valence-electron chi connectivity index (χ1n) is 9.11. The van der Waals surface area contributed by atoms with E-state index in [4.69, 9.17) is 4.74 Å². The zero-order valence-corrected chi connectivity index (χ0v) is 15.3. The van der Waals surface area contributed by atoms with E-state index in [1.54, 1.807) is 29.2 Å². The van der Waals surface area contributed by atoms with Crippen molar-refractivity contribution in [1.29, 1.82) is 0 Å². The molecule has 2 aromatic rings. The number of ether oxygens (including phenoxy) is 1. The van der Waals surface area contributed by atoms with Gasteiger partial charge in [0.05, 0.1) is 18.2 Å². The van der Waals surface area contributed by atoms with E-state index >= 15 is 0 Å². The fourth-order valence-electron chi connectivity index (χ4n) is 3.17. The summed E-state index contributed by atoms with van der Waals surface area (Å²) >= 11 is 0. The van der Waals surface area contributed by atoms with Crippen LogP contribution in [0.2, 0.25) is 0 Å². The molecule has 1 N–H and O–H groups in total. The number of likely N-dealkylation sites (tertiary alicyclic amines) is 1. The normalized spacial score (nSPS) is 16.4. The van der Waals surface area contributed by atoms with Crippen LogP contribution in [0.4, 0.5) is 10.1 Å². The van der Waals surface area contributed by atoms with Gasteiger partial charge in [-0.2, -0.15) is 0 Å². The van der Waals surface area contributed by atoms with Crippen molar-refractivity contribution in [3.05, 3.63) is 59.9 Å². The molecule has 1 fully saturated rings. The molecule has 0 radical (unpaired) electrons. The van der Waals surface area contributed by atoms with Crippen LogP contribution in [-0.4, -0.2) is 36.4 Å². The number of para-hydroxylation sites is 2. The number of carbonyl (C=O) groups excluding carboxylic acids is 2. The molecule has 1 aliphatic heterocycles. The van der Waals surface area contributed by atoms with Crippen molar-refractivity contribution in [2.24, 2.45) is 5.92 Å². The standard InChI is InChI=1S/C21H23FN2O3/c1-2-27-19-6-4-3-5-18(19)23-21(26)16-13-20(25)24(14-16)12-11-15-7-9-17(22)10-8-15/h3-10,16H,2,11-14H2,1H3,(H,23,26)/t16-/m1/s1. The topological polar surface area (TPSA) is 58.6 Å². The molecule has 0 saturated carbocycles. The predicted octanol–water partition coefficient (Wildman–Crippen LogP) is 3.25.